The van der Waals surface area contributed by atoms with Crippen molar-refractivity contribution >= 4 is 29.1 Å². The number of carbonyl (C=O) groups is 1. The number of fused-ring (bicyclic) bond motifs is 1. The van der Waals surface area contributed by atoms with E-state index in [-0.39, 0.29) is 5.91 Å². The van der Waals surface area contributed by atoms with E-state index in [1.807, 2.05) is 21.6 Å². The van der Waals surface area contributed by atoms with Gasteiger partial charge in [0.15, 0.2) is 5.65 Å². The summed E-state index contributed by atoms with van der Waals surface area (Å²) < 4.78 is 1.90. The predicted molar refractivity (Wildman–Crippen MR) is 86.2 cm³/mol. The Kier molecular flexibility index (Phi) is 4.20. The fraction of sp³-hybridized carbons (Fsp3) is 0.533. The molecular formula is C15H20ClN5O. The summed E-state index contributed by atoms with van der Waals surface area (Å²) in [6.45, 7) is 7.11. The molecule has 0 saturated carbocycles. The molecule has 0 bridgehead atoms. The molecule has 1 saturated heterocycles. The summed E-state index contributed by atoms with van der Waals surface area (Å²) in [7, 11) is 0. The molecule has 7 heteroatoms. The molecular weight excluding hydrogens is 302 g/mol. The van der Waals surface area contributed by atoms with Crippen molar-refractivity contribution in [3.8, 4) is 0 Å². The molecule has 118 valence electrons. The van der Waals surface area contributed by atoms with Crippen LogP contribution in [0, 0.1) is 5.92 Å². The van der Waals surface area contributed by atoms with Crippen LogP contribution in [0.25, 0.3) is 5.65 Å². The summed E-state index contributed by atoms with van der Waals surface area (Å²) in [6.07, 6.45) is 2.52. The molecule has 1 amide bonds. The van der Waals surface area contributed by atoms with Crippen molar-refractivity contribution in [3.63, 3.8) is 0 Å². The molecule has 2 aromatic rings. The van der Waals surface area contributed by atoms with Crippen LogP contribution in [0.5, 0.6) is 0 Å². The van der Waals surface area contributed by atoms with Crippen LogP contribution in [0.1, 0.15) is 20.3 Å². The van der Waals surface area contributed by atoms with Crippen LogP contribution < -0.4 is 4.90 Å². The van der Waals surface area contributed by atoms with E-state index in [1.54, 1.807) is 6.07 Å². The lowest BCUT2D eigenvalue weighted by Gasteiger charge is -2.35. The molecule has 3 heterocycles. The Balaban J connectivity index is 1.71. The Morgan fingerprint density at radius 2 is 2.00 bits per heavy atom. The van der Waals surface area contributed by atoms with Crippen molar-refractivity contribution in [1.82, 2.24) is 19.5 Å². The standard InChI is InChI=1S/C15H20ClN5O/c1-11(2)10-13(22)19-6-8-20(9-7-19)15-18-17-14-12(16)4-3-5-21(14)15/h3-5,11H,6-10H2,1-2H3. The van der Waals surface area contributed by atoms with E-state index in [4.69, 9.17) is 11.6 Å². The quantitative estimate of drug-likeness (QED) is 0.868. The van der Waals surface area contributed by atoms with Crippen LogP contribution in [-0.2, 0) is 4.79 Å². The van der Waals surface area contributed by atoms with Crippen LogP contribution >= 0.6 is 11.6 Å². The molecule has 1 aliphatic rings. The van der Waals surface area contributed by atoms with E-state index >= 15 is 0 Å². The third-order valence-corrected chi connectivity index (χ3v) is 4.16. The van der Waals surface area contributed by atoms with E-state index < -0.39 is 0 Å². The Morgan fingerprint density at radius 3 is 2.68 bits per heavy atom. The molecule has 0 aliphatic carbocycles. The lowest BCUT2D eigenvalue weighted by molar-refractivity contribution is -0.132. The van der Waals surface area contributed by atoms with Crippen molar-refractivity contribution in [2.45, 2.75) is 20.3 Å². The van der Waals surface area contributed by atoms with Crippen LogP contribution in [-0.4, -0.2) is 51.6 Å². The highest BCUT2D eigenvalue weighted by atomic mass is 35.5. The lowest BCUT2D eigenvalue weighted by Crippen LogP contribution is -2.49. The highest BCUT2D eigenvalue weighted by molar-refractivity contribution is 6.33. The Bertz CT molecular complexity index is 676. The largest absolute Gasteiger partial charge is 0.339 e. The molecule has 0 spiro atoms. The molecule has 1 fully saturated rings. The number of hydrogen-bond donors (Lipinski definition) is 0. The van der Waals surface area contributed by atoms with Crippen molar-refractivity contribution < 1.29 is 4.79 Å². The molecule has 3 rings (SSSR count). The third kappa shape index (κ3) is 2.88. The highest BCUT2D eigenvalue weighted by Crippen LogP contribution is 2.21. The average molecular weight is 322 g/mol. The summed E-state index contributed by atoms with van der Waals surface area (Å²) in [5, 5.41) is 8.98. The maximum absolute atomic E-state index is 12.1. The van der Waals surface area contributed by atoms with Crippen LogP contribution in [0.15, 0.2) is 18.3 Å². The zero-order chi connectivity index (χ0) is 15.7. The number of pyridine rings is 1. The van der Waals surface area contributed by atoms with Crippen molar-refractivity contribution in [2.75, 3.05) is 31.1 Å². The number of nitrogens with zero attached hydrogens (tertiary/aromatic N) is 5. The van der Waals surface area contributed by atoms with Gasteiger partial charge in [-0.05, 0) is 18.1 Å². The number of carbonyl (C=O) groups excluding carboxylic acids is 1. The number of piperazine rings is 1. The normalized spacial score (nSPS) is 15.8. The van der Waals surface area contributed by atoms with E-state index in [2.05, 4.69) is 28.9 Å². The molecule has 1 aliphatic heterocycles. The molecule has 0 N–H and O–H groups in total. The second kappa shape index (κ2) is 6.12. The first kappa shape index (κ1) is 15.1. The Morgan fingerprint density at radius 1 is 1.27 bits per heavy atom. The number of amides is 1. The van der Waals surface area contributed by atoms with Crippen LogP contribution in [0.2, 0.25) is 5.02 Å². The van der Waals surface area contributed by atoms with E-state index in [0.29, 0.717) is 23.0 Å². The van der Waals surface area contributed by atoms with Crippen LogP contribution in [0.4, 0.5) is 5.95 Å². The van der Waals surface area contributed by atoms with Crippen LogP contribution in [0.3, 0.4) is 0 Å². The van der Waals surface area contributed by atoms with Gasteiger partial charge in [-0.2, -0.15) is 0 Å². The number of rotatable bonds is 3. The van der Waals surface area contributed by atoms with Gasteiger partial charge >= 0.3 is 0 Å². The van der Waals surface area contributed by atoms with E-state index in [9.17, 15) is 4.79 Å². The zero-order valence-electron chi connectivity index (χ0n) is 12.9. The summed E-state index contributed by atoms with van der Waals surface area (Å²) in [6, 6.07) is 3.68. The first-order chi connectivity index (χ1) is 10.6. The van der Waals surface area contributed by atoms with Gasteiger partial charge in [0, 0.05) is 38.8 Å². The monoisotopic (exact) mass is 321 g/mol. The zero-order valence-corrected chi connectivity index (χ0v) is 13.6. The van der Waals surface area contributed by atoms with Gasteiger partial charge in [0.25, 0.3) is 0 Å². The SMILES string of the molecule is CC(C)CC(=O)N1CCN(c2nnc3c(Cl)cccn23)CC1. The topological polar surface area (TPSA) is 53.7 Å². The van der Waals surface area contributed by atoms with Gasteiger partial charge in [-0.1, -0.05) is 25.4 Å². The lowest BCUT2D eigenvalue weighted by atomic mass is 10.1. The maximum atomic E-state index is 12.1. The molecule has 2 aromatic heterocycles. The third-order valence-electron chi connectivity index (χ3n) is 3.87. The summed E-state index contributed by atoms with van der Waals surface area (Å²) >= 11 is 6.13. The van der Waals surface area contributed by atoms with Gasteiger partial charge in [0.05, 0.1) is 5.02 Å². The Hall–Kier alpha value is -1.82. The van der Waals surface area contributed by atoms with Gasteiger partial charge in [-0.15, -0.1) is 10.2 Å². The van der Waals surface area contributed by atoms with Gasteiger partial charge in [0.1, 0.15) is 0 Å². The first-order valence-corrected chi connectivity index (χ1v) is 7.96. The summed E-state index contributed by atoms with van der Waals surface area (Å²) in [4.78, 5) is 16.2. The maximum Gasteiger partial charge on any atom is 0.231 e. The van der Waals surface area contributed by atoms with Gasteiger partial charge in [-0.25, -0.2) is 0 Å². The molecule has 6 nitrogen and oxygen atoms in total. The summed E-state index contributed by atoms with van der Waals surface area (Å²) in [5.41, 5.74) is 0.664. The number of aromatic nitrogens is 3. The van der Waals surface area contributed by atoms with Crippen molar-refractivity contribution in [1.29, 1.82) is 0 Å². The average Bonchev–Trinajstić information content (AvgIpc) is 2.92. The molecule has 0 atom stereocenters. The highest BCUT2D eigenvalue weighted by Gasteiger charge is 2.24. The van der Waals surface area contributed by atoms with E-state index in [0.717, 1.165) is 32.1 Å². The fourth-order valence-electron chi connectivity index (χ4n) is 2.72. The fourth-order valence-corrected chi connectivity index (χ4v) is 2.92. The molecule has 0 aromatic carbocycles. The molecule has 22 heavy (non-hydrogen) atoms. The van der Waals surface area contributed by atoms with Gasteiger partial charge in [0.2, 0.25) is 11.9 Å². The smallest absolute Gasteiger partial charge is 0.231 e. The van der Waals surface area contributed by atoms with Gasteiger partial charge < -0.3 is 9.80 Å². The first-order valence-electron chi connectivity index (χ1n) is 7.58. The van der Waals surface area contributed by atoms with E-state index in [1.165, 1.54) is 0 Å². The van der Waals surface area contributed by atoms with Crippen molar-refractivity contribution in [2.24, 2.45) is 5.92 Å². The Labute approximate surface area is 134 Å². The second-order valence-corrected chi connectivity index (χ2v) is 6.42. The summed E-state index contributed by atoms with van der Waals surface area (Å²) in [5.74, 6) is 1.42. The number of halogens is 1. The molecule has 0 unspecified atom stereocenters. The number of hydrogen-bond acceptors (Lipinski definition) is 4. The van der Waals surface area contributed by atoms with Crippen molar-refractivity contribution in [3.05, 3.63) is 23.4 Å². The predicted octanol–water partition coefficient (Wildman–Crippen LogP) is 2.08. The van der Waals surface area contributed by atoms with Gasteiger partial charge in [-0.3, -0.25) is 9.20 Å². The minimum absolute atomic E-state index is 0.240. The number of anilines is 1. The molecule has 0 radical (unpaired) electrons. The minimum atomic E-state index is 0.240. The second-order valence-electron chi connectivity index (χ2n) is 6.02. The minimum Gasteiger partial charge on any atom is -0.339 e.